The Morgan fingerprint density at radius 3 is 2.70 bits per heavy atom. The van der Waals surface area contributed by atoms with Crippen LogP contribution in [-0.4, -0.2) is 47.1 Å². The van der Waals surface area contributed by atoms with Crippen molar-refractivity contribution in [1.82, 2.24) is 9.62 Å². The summed E-state index contributed by atoms with van der Waals surface area (Å²) in [5, 5.41) is 2.91. The number of ether oxygens (including phenoxy) is 1. The van der Waals surface area contributed by atoms with Gasteiger partial charge in [-0.25, -0.2) is 17.1 Å². The number of rotatable bonds is 8. The number of hydrogen-bond acceptors (Lipinski definition) is 4. The molecule has 0 aliphatic carbocycles. The van der Waals surface area contributed by atoms with Crippen LogP contribution in [0.1, 0.15) is 12.0 Å². The first kappa shape index (κ1) is 17.0. The summed E-state index contributed by atoms with van der Waals surface area (Å²) in [6.07, 6.45) is 0.560. The molecule has 0 spiro atoms. The van der Waals surface area contributed by atoms with Gasteiger partial charge in [0.2, 0.25) is 10.0 Å². The molecule has 20 heavy (non-hydrogen) atoms. The molecule has 114 valence electrons. The number of hydrogen-bond donors (Lipinski definition) is 1. The summed E-state index contributed by atoms with van der Waals surface area (Å²) in [5.41, 5.74) is 0.720. The lowest BCUT2D eigenvalue weighted by Gasteiger charge is -2.18. The highest BCUT2D eigenvalue weighted by Crippen LogP contribution is 2.20. The summed E-state index contributed by atoms with van der Waals surface area (Å²) < 4.78 is 44.5. The van der Waals surface area contributed by atoms with E-state index in [0.717, 1.165) is 9.87 Å². The van der Waals surface area contributed by atoms with E-state index in [4.69, 9.17) is 4.74 Å². The summed E-state index contributed by atoms with van der Waals surface area (Å²) >= 11 is 0. The fourth-order valence-corrected chi connectivity index (χ4v) is 3.10. The Kier molecular flexibility index (Phi) is 6.54. The van der Waals surface area contributed by atoms with Gasteiger partial charge in [0, 0.05) is 33.9 Å². The van der Waals surface area contributed by atoms with Crippen molar-refractivity contribution < 1.29 is 17.5 Å². The molecule has 0 bridgehead atoms. The summed E-state index contributed by atoms with van der Waals surface area (Å²) in [7, 11) is 0.919. The summed E-state index contributed by atoms with van der Waals surface area (Å²) in [5.74, 6) is -0.733. The van der Waals surface area contributed by atoms with Crippen LogP contribution in [0.2, 0.25) is 0 Å². The lowest BCUT2D eigenvalue weighted by Crippen LogP contribution is -2.29. The Bertz CT molecular complexity index is 534. The Balaban J connectivity index is 2.98. The Morgan fingerprint density at radius 2 is 2.10 bits per heavy atom. The molecular formula is C13H21FN2O3S. The maximum atomic E-state index is 13.8. The molecule has 0 saturated heterocycles. The van der Waals surface area contributed by atoms with E-state index in [0.29, 0.717) is 19.6 Å². The zero-order chi connectivity index (χ0) is 15.2. The summed E-state index contributed by atoms with van der Waals surface area (Å²) in [4.78, 5) is -0.287. The van der Waals surface area contributed by atoms with Crippen molar-refractivity contribution in [3.8, 4) is 0 Å². The van der Waals surface area contributed by atoms with Crippen molar-refractivity contribution in [2.75, 3.05) is 34.4 Å². The van der Waals surface area contributed by atoms with Crippen molar-refractivity contribution in [2.45, 2.75) is 17.9 Å². The average molecular weight is 304 g/mol. The van der Waals surface area contributed by atoms with Gasteiger partial charge in [-0.15, -0.1) is 0 Å². The minimum absolute atomic E-state index is 0.284. The van der Waals surface area contributed by atoms with Crippen molar-refractivity contribution in [1.29, 1.82) is 0 Å². The highest BCUT2D eigenvalue weighted by Gasteiger charge is 2.24. The zero-order valence-electron chi connectivity index (χ0n) is 12.0. The van der Waals surface area contributed by atoms with Crippen molar-refractivity contribution in [3.05, 3.63) is 29.6 Å². The van der Waals surface area contributed by atoms with Gasteiger partial charge in [-0.3, -0.25) is 0 Å². The van der Waals surface area contributed by atoms with Gasteiger partial charge in [0.25, 0.3) is 0 Å². The Morgan fingerprint density at radius 1 is 1.40 bits per heavy atom. The van der Waals surface area contributed by atoms with Crippen molar-refractivity contribution in [2.24, 2.45) is 0 Å². The van der Waals surface area contributed by atoms with Gasteiger partial charge >= 0.3 is 0 Å². The van der Waals surface area contributed by atoms with Crippen LogP contribution in [0.3, 0.4) is 0 Å². The van der Waals surface area contributed by atoms with Crippen LogP contribution in [0.25, 0.3) is 0 Å². The number of sulfonamides is 1. The minimum atomic E-state index is -3.82. The smallest absolute Gasteiger partial charge is 0.245 e. The molecule has 0 unspecified atom stereocenters. The van der Waals surface area contributed by atoms with E-state index >= 15 is 0 Å². The number of benzene rings is 1. The Labute approximate surface area is 119 Å². The van der Waals surface area contributed by atoms with Crippen LogP contribution >= 0.6 is 0 Å². The standard InChI is InChI=1S/C13H21FN2O3S/c1-15-10-11-5-6-12(14)13(9-11)20(17,18)16(2)7-4-8-19-3/h5-6,9,15H,4,7-8,10H2,1-3H3. The summed E-state index contributed by atoms with van der Waals surface area (Å²) in [6, 6.07) is 4.12. The van der Waals surface area contributed by atoms with Crippen molar-refractivity contribution >= 4 is 10.0 Å². The number of nitrogens with zero attached hydrogens (tertiary/aromatic N) is 1. The first-order valence-electron chi connectivity index (χ1n) is 6.31. The predicted octanol–water partition coefficient (Wildman–Crippen LogP) is 1.20. The third kappa shape index (κ3) is 4.24. The molecule has 0 atom stereocenters. The van der Waals surface area contributed by atoms with E-state index in [-0.39, 0.29) is 11.4 Å². The van der Waals surface area contributed by atoms with Gasteiger partial charge in [-0.2, -0.15) is 0 Å². The molecule has 0 fully saturated rings. The molecule has 1 aromatic carbocycles. The lowest BCUT2D eigenvalue weighted by atomic mass is 10.2. The van der Waals surface area contributed by atoms with Crippen LogP contribution in [0, 0.1) is 5.82 Å². The van der Waals surface area contributed by atoms with Crippen LogP contribution in [-0.2, 0) is 21.3 Å². The minimum Gasteiger partial charge on any atom is -0.385 e. The fraction of sp³-hybridized carbons (Fsp3) is 0.538. The molecule has 0 amide bonds. The van der Waals surface area contributed by atoms with Crippen LogP contribution in [0.4, 0.5) is 4.39 Å². The maximum absolute atomic E-state index is 13.8. The second-order valence-electron chi connectivity index (χ2n) is 4.47. The molecule has 0 aromatic heterocycles. The van der Waals surface area contributed by atoms with Gasteiger partial charge in [0.15, 0.2) is 0 Å². The highest BCUT2D eigenvalue weighted by molar-refractivity contribution is 7.89. The second kappa shape index (κ2) is 7.68. The predicted molar refractivity (Wildman–Crippen MR) is 75.5 cm³/mol. The molecule has 1 N–H and O–H groups in total. The van der Waals surface area contributed by atoms with Crippen LogP contribution in [0.15, 0.2) is 23.1 Å². The maximum Gasteiger partial charge on any atom is 0.245 e. The molecule has 1 rings (SSSR count). The SMILES string of the molecule is CNCc1ccc(F)c(S(=O)(=O)N(C)CCCOC)c1. The molecular weight excluding hydrogens is 283 g/mol. The molecule has 0 radical (unpaired) electrons. The molecule has 0 aliphatic heterocycles. The molecule has 1 aromatic rings. The third-order valence-electron chi connectivity index (χ3n) is 2.89. The highest BCUT2D eigenvalue weighted by atomic mass is 32.2. The van der Waals surface area contributed by atoms with Crippen LogP contribution < -0.4 is 5.32 Å². The number of nitrogens with one attached hydrogen (secondary N) is 1. The molecule has 5 nitrogen and oxygen atoms in total. The molecule has 0 heterocycles. The molecule has 0 saturated carbocycles. The monoisotopic (exact) mass is 304 g/mol. The normalized spacial score (nSPS) is 12.1. The van der Waals surface area contributed by atoms with E-state index in [9.17, 15) is 12.8 Å². The fourth-order valence-electron chi connectivity index (χ4n) is 1.78. The van der Waals surface area contributed by atoms with E-state index < -0.39 is 15.8 Å². The largest absolute Gasteiger partial charge is 0.385 e. The first-order valence-corrected chi connectivity index (χ1v) is 7.75. The zero-order valence-corrected chi connectivity index (χ0v) is 12.8. The van der Waals surface area contributed by atoms with Gasteiger partial charge in [-0.1, -0.05) is 6.07 Å². The van der Waals surface area contributed by atoms with Crippen molar-refractivity contribution in [3.63, 3.8) is 0 Å². The van der Waals surface area contributed by atoms with Gasteiger partial charge < -0.3 is 10.1 Å². The average Bonchev–Trinajstić information content (AvgIpc) is 2.41. The van der Waals surface area contributed by atoms with Gasteiger partial charge in [-0.05, 0) is 31.2 Å². The molecule has 0 aliphatic rings. The van der Waals surface area contributed by atoms with Crippen LogP contribution in [0.5, 0.6) is 0 Å². The quantitative estimate of drug-likeness (QED) is 0.733. The summed E-state index contributed by atoms with van der Waals surface area (Å²) in [6.45, 7) is 1.23. The lowest BCUT2D eigenvalue weighted by molar-refractivity contribution is 0.189. The number of halogens is 1. The van der Waals surface area contributed by atoms with Gasteiger partial charge in [0.05, 0.1) is 0 Å². The van der Waals surface area contributed by atoms with E-state index in [1.54, 1.807) is 20.2 Å². The van der Waals surface area contributed by atoms with Gasteiger partial charge in [0.1, 0.15) is 10.7 Å². The number of methoxy groups -OCH3 is 1. The Hall–Kier alpha value is -1.02. The van der Waals surface area contributed by atoms with E-state index in [1.165, 1.54) is 19.2 Å². The molecule has 7 heteroatoms. The third-order valence-corrected chi connectivity index (χ3v) is 4.76. The first-order chi connectivity index (χ1) is 9.43. The second-order valence-corrected chi connectivity index (χ2v) is 6.48. The van der Waals surface area contributed by atoms with E-state index in [2.05, 4.69) is 5.32 Å². The van der Waals surface area contributed by atoms with E-state index in [1.807, 2.05) is 0 Å². The topological polar surface area (TPSA) is 58.6 Å².